The quantitative estimate of drug-likeness (QED) is 0.754. The summed E-state index contributed by atoms with van der Waals surface area (Å²) >= 11 is 0. The van der Waals surface area contributed by atoms with E-state index in [1.54, 1.807) is 16.8 Å². The van der Waals surface area contributed by atoms with Crippen molar-refractivity contribution in [3.63, 3.8) is 0 Å². The lowest BCUT2D eigenvalue weighted by molar-refractivity contribution is 0.760. The zero-order chi connectivity index (χ0) is 12.4. The van der Waals surface area contributed by atoms with E-state index in [4.69, 9.17) is 0 Å². The minimum atomic E-state index is -0.000229. The number of hydrogen-bond acceptors (Lipinski definition) is 2. The molecule has 0 unspecified atom stereocenters. The van der Waals surface area contributed by atoms with Gasteiger partial charge in [0.05, 0.1) is 5.69 Å². The standard InChI is InChI=1S/C13H17N3O/c1-4-6-11-14-10(3)12-13(17)15(7-5-2)8-9-16(11)12/h5,8-9H,2,4,6-7H2,1,3H3. The molecular weight excluding hydrogens is 214 g/mol. The first-order valence-electron chi connectivity index (χ1n) is 5.87. The lowest BCUT2D eigenvalue weighted by atomic mass is 10.3. The monoisotopic (exact) mass is 231 g/mol. The minimum absolute atomic E-state index is 0.000229. The summed E-state index contributed by atoms with van der Waals surface area (Å²) in [6, 6.07) is 0. The van der Waals surface area contributed by atoms with Crippen molar-refractivity contribution >= 4 is 5.52 Å². The van der Waals surface area contributed by atoms with E-state index in [1.807, 2.05) is 17.5 Å². The summed E-state index contributed by atoms with van der Waals surface area (Å²) in [5, 5.41) is 0. The minimum Gasteiger partial charge on any atom is -0.308 e. The maximum absolute atomic E-state index is 12.2. The average molecular weight is 231 g/mol. The third-order valence-electron chi connectivity index (χ3n) is 2.82. The Hall–Kier alpha value is -1.84. The van der Waals surface area contributed by atoms with Gasteiger partial charge in [-0.15, -0.1) is 6.58 Å². The zero-order valence-electron chi connectivity index (χ0n) is 10.3. The fourth-order valence-corrected chi connectivity index (χ4v) is 2.06. The summed E-state index contributed by atoms with van der Waals surface area (Å²) in [4.78, 5) is 16.7. The van der Waals surface area contributed by atoms with Crippen LogP contribution in [-0.4, -0.2) is 14.0 Å². The zero-order valence-corrected chi connectivity index (χ0v) is 10.3. The Kier molecular flexibility index (Phi) is 3.13. The Bertz CT molecular complexity index is 607. The molecule has 0 bridgehead atoms. The maximum Gasteiger partial charge on any atom is 0.277 e. The number of aryl methyl sites for hydroxylation is 2. The third-order valence-corrected chi connectivity index (χ3v) is 2.82. The van der Waals surface area contributed by atoms with Gasteiger partial charge >= 0.3 is 0 Å². The number of fused-ring (bicyclic) bond motifs is 1. The van der Waals surface area contributed by atoms with Gasteiger partial charge in [-0.1, -0.05) is 13.0 Å². The molecule has 0 aliphatic carbocycles. The van der Waals surface area contributed by atoms with E-state index < -0.39 is 0 Å². The summed E-state index contributed by atoms with van der Waals surface area (Å²) in [6.07, 6.45) is 7.33. The van der Waals surface area contributed by atoms with Gasteiger partial charge < -0.3 is 4.57 Å². The number of allylic oxidation sites excluding steroid dienone is 1. The summed E-state index contributed by atoms with van der Waals surface area (Å²) in [6.45, 7) is 8.17. The van der Waals surface area contributed by atoms with Crippen LogP contribution in [0.25, 0.3) is 5.52 Å². The molecule has 0 aliphatic heterocycles. The van der Waals surface area contributed by atoms with Crippen molar-refractivity contribution in [3.8, 4) is 0 Å². The van der Waals surface area contributed by atoms with Crippen molar-refractivity contribution < 1.29 is 0 Å². The molecule has 0 spiro atoms. The van der Waals surface area contributed by atoms with Gasteiger partial charge in [-0.25, -0.2) is 4.98 Å². The second-order valence-corrected chi connectivity index (χ2v) is 4.13. The number of rotatable bonds is 4. The van der Waals surface area contributed by atoms with Gasteiger partial charge in [-0.3, -0.25) is 9.20 Å². The highest BCUT2D eigenvalue weighted by atomic mass is 16.1. The fraction of sp³-hybridized carbons (Fsp3) is 0.385. The molecule has 2 aromatic rings. The molecule has 90 valence electrons. The highest BCUT2D eigenvalue weighted by molar-refractivity contribution is 5.50. The topological polar surface area (TPSA) is 39.3 Å². The first-order valence-corrected chi connectivity index (χ1v) is 5.87. The Morgan fingerprint density at radius 2 is 2.24 bits per heavy atom. The van der Waals surface area contributed by atoms with Crippen LogP contribution in [0.15, 0.2) is 29.8 Å². The number of imidazole rings is 1. The molecule has 2 heterocycles. The van der Waals surface area contributed by atoms with E-state index in [9.17, 15) is 4.79 Å². The first kappa shape index (κ1) is 11.6. The predicted octanol–water partition coefficient (Wildman–Crippen LogP) is 1.94. The van der Waals surface area contributed by atoms with Crippen LogP contribution >= 0.6 is 0 Å². The second-order valence-electron chi connectivity index (χ2n) is 4.13. The molecule has 0 N–H and O–H groups in total. The van der Waals surface area contributed by atoms with Crippen molar-refractivity contribution in [3.05, 3.63) is 46.9 Å². The number of hydrogen-bond donors (Lipinski definition) is 0. The smallest absolute Gasteiger partial charge is 0.277 e. The van der Waals surface area contributed by atoms with Crippen LogP contribution in [0.1, 0.15) is 24.9 Å². The van der Waals surface area contributed by atoms with E-state index in [1.165, 1.54) is 0 Å². The lowest BCUT2D eigenvalue weighted by Crippen LogP contribution is -2.21. The van der Waals surface area contributed by atoms with Crippen LogP contribution in [0.5, 0.6) is 0 Å². The third kappa shape index (κ3) is 1.90. The van der Waals surface area contributed by atoms with Crippen molar-refractivity contribution in [1.29, 1.82) is 0 Å². The first-order chi connectivity index (χ1) is 8.19. The van der Waals surface area contributed by atoms with Crippen molar-refractivity contribution in [1.82, 2.24) is 14.0 Å². The van der Waals surface area contributed by atoms with Crippen LogP contribution in [0.2, 0.25) is 0 Å². The summed E-state index contributed by atoms with van der Waals surface area (Å²) in [7, 11) is 0. The Morgan fingerprint density at radius 3 is 2.88 bits per heavy atom. The largest absolute Gasteiger partial charge is 0.308 e. The molecule has 4 heteroatoms. The summed E-state index contributed by atoms with van der Waals surface area (Å²) in [5.74, 6) is 0.961. The van der Waals surface area contributed by atoms with E-state index in [0.29, 0.717) is 12.1 Å². The highest BCUT2D eigenvalue weighted by Gasteiger charge is 2.11. The predicted molar refractivity (Wildman–Crippen MR) is 68.4 cm³/mol. The van der Waals surface area contributed by atoms with Crippen LogP contribution < -0.4 is 5.56 Å². The molecule has 2 aromatic heterocycles. The van der Waals surface area contributed by atoms with Crippen LogP contribution in [0, 0.1) is 6.92 Å². The summed E-state index contributed by atoms with van der Waals surface area (Å²) in [5.41, 5.74) is 1.48. The van der Waals surface area contributed by atoms with E-state index >= 15 is 0 Å². The molecule has 0 aromatic carbocycles. The molecule has 0 radical (unpaired) electrons. The lowest BCUT2D eigenvalue weighted by Gasteiger charge is -2.04. The van der Waals surface area contributed by atoms with Crippen LogP contribution in [-0.2, 0) is 13.0 Å². The molecule has 0 amide bonds. The van der Waals surface area contributed by atoms with Gasteiger partial charge in [-0.05, 0) is 13.3 Å². The van der Waals surface area contributed by atoms with Crippen molar-refractivity contribution in [2.75, 3.05) is 0 Å². The van der Waals surface area contributed by atoms with E-state index in [2.05, 4.69) is 18.5 Å². The van der Waals surface area contributed by atoms with Crippen molar-refractivity contribution in [2.24, 2.45) is 0 Å². The van der Waals surface area contributed by atoms with Gasteiger partial charge in [-0.2, -0.15) is 0 Å². The van der Waals surface area contributed by atoms with Gasteiger partial charge in [0.25, 0.3) is 5.56 Å². The normalized spacial score (nSPS) is 10.9. The van der Waals surface area contributed by atoms with Gasteiger partial charge in [0.1, 0.15) is 11.3 Å². The van der Waals surface area contributed by atoms with Crippen molar-refractivity contribution in [2.45, 2.75) is 33.2 Å². The summed E-state index contributed by atoms with van der Waals surface area (Å²) < 4.78 is 3.55. The molecule has 0 saturated heterocycles. The molecule has 2 rings (SSSR count). The molecule has 0 fully saturated rings. The average Bonchev–Trinajstić information content (AvgIpc) is 2.61. The fourth-order valence-electron chi connectivity index (χ4n) is 2.06. The Balaban J connectivity index is 2.69. The Labute approximate surface area is 100 Å². The van der Waals surface area contributed by atoms with Gasteiger partial charge in [0.15, 0.2) is 0 Å². The SMILES string of the molecule is C=CCn1ccn2c(CCC)nc(C)c2c1=O. The highest BCUT2D eigenvalue weighted by Crippen LogP contribution is 2.09. The second kappa shape index (κ2) is 4.57. The molecule has 0 saturated carbocycles. The van der Waals surface area contributed by atoms with Gasteiger partial charge in [0, 0.05) is 25.4 Å². The molecular formula is C13H17N3O. The van der Waals surface area contributed by atoms with E-state index in [0.717, 1.165) is 24.4 Å². The number of aromatic nitrogens is 3. The van der Waals surface area contributed by atoms with Crippen LogP contribution in [0.3, 0.4) is 0 Å². The van der Waals surface area contributed by atoms with Gasteiger partial charge in [0.2, 0.25) is 0 Å². The number of nitrogens with zero attached hydrogens (tertiary/aromatic N) is 3. The molecule has 0 atom stereocenters. The molecule has 17 heavy (non-hydrogen) atoms. The Morgan fingerprint density at radius 1 is 1.47 bits per heavy atom. The maximum atomic E-state index is 12.2. The molecule has 0 aliphatic rings. The molecule has 4 nitrogen and oxygen atoms in total. The van der Waals surface area contributed by atoms with Crippen LogP contribution in [0.4, 0.5) is 0 Å². The van der Waals surface area contributed by atoms with E-state index in [-0.39, 0.29) is 5.56 Å².